The molecule has 1 aliphatic rings. The highest BCUT2D eigenvalue weighted by Gasteiger charge is 2.40. The van der Waals surface area contributed by atoms with Gasteiger partial charge in [-0.2, -0.15) is 0 Å². The molecule has 4 heteroatoms. The molecule has 3 atom stereocenters. The van der Waals surface area contributed by atoms with Crippen molar-refractivity contribution in [2.45, 2.75) is 45.3 Å². The number of rotatable bonds is 7. The zero-order valence-corrected chi connectivity index (χ0v) is 12.3. The third-order valence-electron chi connectivity index (χ3n) is 4.40. The Kier molecular flexibility index (Phi) is 6.57. The molecule has 1 aliphatic heterocycles. The van der Waals surface area contributed by atoms with E-state index in [0.717, 1.165) is 39.1 Å². The van der Waals surface area contributed by atoms with E-state index in [1.54, 1.807) is 7.11 Å². The van der Waals surface area contributed by atoms with Gasteiger partial charge < -0.3 is 14.6 Å². The van der Waals surface area contributed by atoms with Gasteiger partial charge in [0.15, 0.2) is 0 Å². The number of hydrogen-bond acceptors (Lipinski definition) is 4. The van der Waals surface area contributed by atoms with Crippen molar-refractivity contribution in [2.75, 3.05) is 40.0 Å². The van der Waals surface area contributed by atoms with Gasteiger partial charge in [0.25, 0.3) is 0 Å². The van der Waals surface area contributed by atoms with E-state index in [1.165, 1.54) is 0 Å². The minimum absolute atomic E-state index is 0.156. The maximum Gasteiger partial charge on any atom is 0.0747 e. The normalized spacial score (nSPS) is 24.5. The Morgan fingerprint density at radius 2 is 2.00 bits per heavy atom. The van der Waals surface area contributed by atoms with Crippen LogP contribution in [-0.4, -0.2) is 61.7 Å². The van der Waals surface area contributed by atoms with Crippen LogP contribution in [-0.2, 0) is 9.47 Å². The van der Waals surface area contributed by atoms with E-state index in [-0.39, 0.29) is 17.6 Å². The van der Waals surface area contributed by atoms with Gasteiger partial charge in [0.2, 0.25) is 0 Å². The minimum atomic E-state index is -0.323. The molecule has 0 amide bonds. The second-order valence-electron chi connectivity index (χ2n) is 5.51. The summed E-state index contributed by atoms with van der Waals surface area (Å²) in [5, 5.41) is 10.7. The fourth-order valence-corrected chi connectivity index (χ4v) is 2.77. The van der Waals surface area contributed by atoms with Crippen molar-refractivity contribution >= 4 is 0 Å². The molecule has 0 spiro atoms. The molecule has 1 saturated heterocycles. The summed E-state index contributed by atoms with van der Waals surface area (Å²) in [5.41, 5.74) is -0.156. The van der Waals surface area contributed by atoms with Gasteiger partial charge in [-0.3, -0.25) is 4.90 Å². The smallest absolute Gasteiger partial charge is 0.0747 e. The molecule has 0 aromatic carbocycles. The lowest BCUT2D eigenvalue weighted by Gasteiger charge is -2.47. The van der Waals surface area contributed by atoms with Gasteiger partial charge >= 0.3 is 0 Å². The number of aliphatic hydroxyl groups is 1. The van der Waals surface area contributed by atoms with Crippen LogP contribution < -0.4 is 0 Å². The van der Waals surface area contributed by atoms with Gasteiger partial charge in [-0.05, 0) is 25.7 Å². The maximum atomic E-state index is 10.7. The highest BCUT2D eigenvalue weighted by Crippen LogP contribution is 2.30. The van der Waals surface area contributed by atoms with Crippen LogP contribution >= 0.6 is 0 Å². The first kappa shape index (κ1) is 15.9. The average molecular weight is 259 g/mol. The van der Waals surface area contributed by atoms with Crippen molar-refractivity contribution in [1.82, 2.24) is 4.90 Å². The summed E-state index contributed by atoms with van der Waals surface area (Å²) in [4.78, 5) is 2.38. The Balaban J connectivity index is 2.65. The molecule has 0 aromatic heterocycles. The molecule has 1 N–H and O–H groups in total. The number of nitrogens with zero attached hydrogens (tertiary/aromatic N) is 1. The standard InChI is InChI=1S/C14H29NO3/c1-5-14(3,15-7-10-18-11-8-15)13(16)12(2)6-9-17-4/h12-13,16H,5-11H2,1-4H3. The van der Waals surface area contributed by atoms with E-state index in [9.17, 15) is 5.11 Å². The number of aliphatic hydroxyl groups excluding tert-OH is 1. The van der Waals surface area contributed by atoms with Crippen molar-refractivity contribution in [3.05, 3.63) is 0 Å². The summed E-state index contributed by atoms with van der Waals surface area (Å²) in [5.74, 6) is 0.248. The first-order chi connectivity index (χ1) is 8.56. The first-order valence-electron chi connectivity index (χ1n) is 7.06. The molecular formula is C14H29NO3. The highest BCUT2D eigenvalue weighted by atomic mass is 16.5. The van der Waals surface area contributed by atoms with Crippen molar-refractivity contribution in [3.63, 3.8) is 0 Å². The predicted octanol–water partition coefficient (Wildman–Crippen LogP) is 1.52. The number of hydrogen-bond donors (Lipinski definition) is 1. The van der Waals surface area contributed by atoms with Crippen molar-refractivity contribution in [3.8, 4) is 0 Å². The van der Waals surface area contributed by atoms with Crippen LogP contribution in [0.5, 0.6) is 0 Å². The quantitative estimate of drug-likeness (QED) is 0.753. The van der Waals surface area contributed by atoms with E-state index in [4.69, 9.17) is 9.47 Å². The van der Waals surface area contributed by atoms with Crippen LogP contribution in [0.2, 0.25) is 0 Å². The lowest BCUT2D eigenvalue weighted by molar-refractivity contribution is -0.0906. The SMILES string of the molecule is CCC(C)(C(O)C(C)CCOC)N1CCOCC1. The van der Waals surface area contributed by atoms with Gasteiger partial charge in [-0.1, -0.05) is 13.8 Å². The van der Waals surface area contributed by atoms with Crippen LogP contribution in [0.15, 0.2) is 0 Å². The number of morpholine rings is 1. The molecule has 1 fully saturated rings. The third kappa shape index (κ3) is 3.67. The Labute approximate surface area is 111 Å². The predicted molar refractivity (Wildman–Crippen MR) is 72.8 cm³/mol. The summed E-state index contributed by atoms with van der Waals surface area (Å²) < 4.78 is 10.5. The monoisotopic (exact) mass is 259 g/mol. The molecule has 4 nitrogen and oxygen atoms in total. The van der Waals surface area contributed by atoms with Crippen molar-refractivity contribution in [1.29, 1.82) is 0 Å². The summed E-state index contributed by atoms with van der Waals surface area (Å²) in [7, 11) is 1.71. The fraction of sp³-hybridized carbons (Fsp3) is 1.00. The zero-order valence-electron chi connectivity index (χ0n) is 12.3. The Morgan fingerprint density at radius 3 is 2.50 bits per heavy atom. The van der Waals surface area contributed by atoms with E-state index < -0.39 is 0 Å². The summed E-state index contributed by atoms with van der Waals surface area (Å²) in [6, 6.07) is 0. The lowest BCUT2D eigenvalue weighted by Crippen LogP contribution is -2.59. The molecule has 0 aromatic rings. The van der Waals surface area contributed by atoms with Gasteiger partial charge in [0, 0.05) is 32.3 Å². The number of methoxy groups -OCH3 is 1. The lowest BCUT2D eigenvalue weighted by atomic mass is 9.81. The van der Waals surface area contributed by atoms with Crippen LogP contribution in [0.4, 0.5) is 0 Å². The van der Waals surface area contributed by atoms with Gasteiger partial charge in [0.05, 0.1) is 19.3 Å². The molecule has 108 valence electrons. The van der Waals surface area contributed by atoms with Gasteiger partial charge in [-0.25, -0.2) is 0 Å². The molecule has 1 heterocycles. The zero-order chi connectivity index (χ0) is 13.6. The van der Waals surface area contributed by atoms with E-state index in [2.05, 4.69) is 25.7 Å². The molecule has 18 heavy (non-hydrogen) atoms. The minimum Gasteiger partial charge on any atom is -0.391 e. The van der Waals surface area contributed by atoms with Crippen LogP contribution in [0.25, 0.3) is 0 Å². The summed E-state index contributed by atoms with van der Waals surface area (Å²) in [6.45, 7) is 10.5. The molecular weight excluding hydrogens is 230 g/mol. The van der Waals surface area contributed by atoms with Crippen LogP contribution in [0.1, 0.15) is 33.6 Å². The molecule has 0 bridgehead atoms. The van der Waals surface area contributed by atoms with Crippen LogP contribution in [0, 0.1) is 5.92 Å². The molecule has 0 radical (unpaired) electrons. The molecule has 1 rings (SSSR count). The van der Waals surface area contributed by atoms with E-state index >= 15 is 0 Å². The third-order valence-corrected chi connectivity index (χ3v) is 4.40. The van der Waals surface area contributed by atoms with E-state index in [0.29, 0.717) is 6.61 Å². The Morgan fingerprint density at radius 1 is 1.39 bits per heavy atom. The number of ether oxygens (including phenoxy) is 2. The topological polar surface area (TPSA) is 41.9 Å². The summed E-state index contributed by atoms with van der Waals surface area (Å²) in [6.07, 6.45) is 1.53. The first-order valence-corrected chi connectivity index (χ1v) is 7.06. The molecule has 0 saturated carbocycles. The van der Waals surface area contributed by atoms with Crippen LogP contribution in [0.3, 0.4) is 0 Å². The summed E-state index contributed by atoms with van der Waals surface area (Å²) >= 11 is 0. The average Bonchev–Trinajstić information content (AvgIpc) is 2.43. The van der Waals surface area contributed by atoms with Gasteiger partial charge in [0.1, 0.15) is 0 Å². The second-order valence-corrected chi connectivity index (χ2v) is 5.51. The Hall–Kier alpha value is -0.160. The maximum absolute atomic E-state index is 10.7. The molecule has 0 aliphatic carbocycles. The fourth-order valence-electron chi connectivity index (χ4n) is 2.77. The van der Waals surface area contributed by atoms with Crippen molar-refractivity contribution < 1.29 is 14.6 Å². The highest BCUT2D eigenvalue weighted by molar-refractivity contribution is 4.94. The van der Waals surface area contributed by atoms with E-state index in [1.807, 2.05) is 0 Å². The Bertz CT molecular complexity index is 231. The van der Waals surface area contributed by atoms with Crippen molar-refractivity contribution in [2.24, 2.45) is 5.92 Å². The largest absolute Gasteiger partial charge is 0.391 e. The molecule has 3 unspecified atom stereocenters. The van der Waals surface area contributed by atoms with Gasteiger partial charge in [-0.15, -0.1) is 0 Å². The second kappa shape index (κ2) is 7.43.